The molecule has 0 N–H and O–H groups in total. The van der Waals surface area contributed by atoms with Crippen LogP contribution in [0, 0.1) is 13.8 Å². The van der Waals surface area contributed by atoms with E-state index in [0.29, 0.717) is 10.6 Å². The Labute approximate surface area is 121 Å². The van der Waals surface area contributed by atoms with Crippen LogP contribution in [0.3, 0.4) is 0 Å². The Kier molecular flexibility index (Phi) is 3.95. The van der Waals surface area contributed by atoms with Crippen LogP contribution in [0.4, 0.5) is 0 Å². The number of ether oxygens (including phenoxy) is 1. The van der Waals surface area contributed by atoms with Gasteiger partial charge in [0.25, 0.3) is 5.56 Å². The Morgan fingerprint density at radius 3 is 2.35 bits per heavy atom. The van der Waals surface area contributed by atoms with Crippen molar-refractivity contribution in [1.82, 2.24) is 4.57 Å². The molecular formula is C15H14ClNO3. The summed E-state index contributed by atoms with van der Waals surface area (Å²) in [5.74, 6) is -0.483. The van der Waals surface area contributed by atoms with Crippen LogP contribution < -0.4 is 5.56 Å². The molecule has 2 rings (SSSR count). The topological polar surface area (TPSA) is 48.3 Å². The first-order valence-electron chi connectivity index (χ1n) is 6.02. The summed E-state index contributed by atoms with van der Waals surface area (Å²) in [6.07, 6.45) is 1.48. The molecular weight excluding hydrogens is 278 g/mol. The summed E-state index contributed by atoms with van der Waals surface area (Å²) in [4.78, 5) is 23.6. The minimum absolute atomic E-state index is 0.217. The number of halogens is 1. The van der Waals surface area contributed by atoms with E-state index in [0.717, 1.165) is 16.8 Å². The Morgan fingerprint density at radius 1 is 1.20 bits per heavy atom. The maximum absolute atomic E-state index is 12.1. The summed E-state index contributed by atoms with van der Waals surface area (Å²) in [7, 11) is 1.30. The number of pyridine rings is 1. The van der Waals surface area contributed by atoms with Gasteiger partial charge in [-0.2, -0.15) is 0 Å². The largest absolute Gasteiger partial charge is 0.465 e. The van der Waals surface area contributed by atoms with Crippen molar-refractivity contribution in [3.05, 3.63) is 62.5 Å². The SMILES string of the molecule is COC(=O)c1ccc(=O)n(-c2c(C)cc(Cl)cc2C)c1. The van der Waals surface area contributed by atoms with E-state index in [2.05, 4.69) is 4.74 Å². The Bertz CT molecular complexity index is 711. The number of hydrogen-bond donors (Lipinski definition) is 0. The highest BCUT2D eigenvalue weighted by atomic mass is 35.5. The number of carbonyl (C=O) groups excluding carboxylic acids is 1. The average molecular weight is 292 g/mol. The fourth-order valence-corrected chi connectivity index (χ4v) is 2.51. The van der Waals surface area contributed by atoms with Gasteiger partial charge in [0.1, 0.15) is 0 Å². The van der Waals surface area contributed by atoms with Gasteiger partial charge in [0, 0.05) is 17.3 Å². The second kappa shape index (κ2) is 5.51. The van der Waals surface area contributed by atoms with E-state index in [9.17, 15) is 9.59 Å². The highest BCUT2D eigenvalue weighted by Crippen LogP contribution is 2.22. The molecule has 0 aliphatic carbocycles. The highest BCUT2D eigenvalue weighted by molar-refractivity contribution is 6.30. The van der Waals surface area contributed by atoms with Crippen molar-refractivity contribution in [3.8, 4) is 5.69 Å². The van der Waals surface area contributed by atoms with Crippen LogP contribution >= 0.6 is 11.6 Å². The van der Waals surface area contributed by atoms with E-state index in [1.165, 1.54) is 30.0 Å². The quantitative estimate of drug-likeness (QED) is 0.799. The van der Waals surface area contributed by atoms with Gasteiger partial charge in [-0.15, -0.1) is 0 Å². The van der Waals surface area contributed by atoms with Gasteiger partial charge in [-0.05, 0) is 43.2 Å². The number of rotatable bonds is 2. The first-order valence-corrected chi connectivity index (χ1v) is 6.40. The molecule has 1 heterocycles. The van der Waals surface area contributed by atoms with Gasteiger partial charge in [-0.25, -0.2) is 4.79 Å². The van der Waals surface area contributed by atoms with Gasteiger partial charge < -0.3 is 4.74 Å². The summed E-state index contributed by atoms with van der Waals surface area (Å²) < 4.78 is 6.11. The van der Waals surface area contributed by atoms with Crippen molar-refractivity contribution >= 4 is 17.6 Å². The van der Waals surface area contributed by atoms with E-state index in [-0.39, 0.29) is 5.56 Å². The van der Waals surface area contributed by atoms with Gasteiger partial charge in [-0.1, -0.05) is 11.6 Å². The lowest BCUT2D eigenvalue weighted by molar-refractivity contribution is 0.0600. The van der Waals surface area contributed by atoms with Crippen LogP contribution in [0.1, 0.15) is 21.5 Å². The molecule has 1 aromatic carbocycles. The van der Waals surface area contributed by atoms with Crippen molar-refractivity contribution in [3.63, 3.8) is 0 Å². The molecule has 5 heteroatoms. The standard InChI is InChI=1S/C15H14ClNO3/c1-9-6-12(16)7-10(2)14(9)17-8-11(15(19)20-3)4-5-13(17)18/h4-8H,1-3H3. The lowest BCUT2D eigenvalue weighted by Gasteiger charge is -2.14. The fourth-order valence-electron chi connectivity index (χ4n) is 2.18. The molecule has 0 aliphatic rings. The first kappa shape index (κ1) is 14.3. The number of benzene rings is 1. The Hall–Kier alpha value is -2.07. The summed E-state index contributed by atoms with van der Waals surface area (Å²) in [6.45, 7) is 3.73. The zero-order valence-corrected chi connectivity index (χ0v) is 12.2. The number of esters is 1. The zero-order chi connectivity index (χ0) is 14.9. The second-order valence-corrected chi connectivity index (χ2v) is 4.94. The van der Waals surface area contributed by atoms with Gasteiger partial charge in [-0.3, -0.25) is 9.36 Å². The van der Waals surface area contributed by atoms with Crippen molar-refractivity contribution in [2.24, 2.45) is 0 Å². The Balaban J connectivity index is 2.70. The molecule has 0 amide bonds. The molecule has 0 saturated carbocycles. The van der Waals surface area contributed by atoms with Gasteiger partial charge >= 0.3 is 5.97 Å². The van der Waals surface area contributed by atoms with Crippen LogP contribution in [0.5, 0.6) is 0 Å². The molecule has 4 nitrogen and oxygen atoms in total. The number of methoxy groups -OCH3 is 1. The van der Waals surface area contributed by atoms with Crippen molar-refractivity contribution in [2.75, 3.05) is 7.11 Å². The zero-order valence-electron chi connectivity index (χ0n) is 11.4. The summed E-state index contributed by atoms with van der Waals surface area (Å²) in [5, 5.41) is 0.612. The third-order valence-electron chi connectivity index (χ3n) is 3.03. The third kappa shape index (κ3) is 2.60. The monoisotopic (exact) mass is 291 g/mol. The smallest absolute Gasteiger partial charge is 0.339 e. The normalized spacial score (nSPS) is 10.4. The van der Waals surface area contributed by atoms with Gasteiger partial charge in [0.05, 0.1) is 18.4 Å². The van der Waals surface area contributed by atoms with Gasteiger partial charge in [0.15, 0.2) is 0 Å². The van der Waals surface area contributed by atoms with Gasteiger partial charge in [0.2, 0.25) is 0 Å². The lowest BCUT2D eigenvalue weighted by Crippen LogP contribution is -2.20. The number of aryl methyl sites for hydroxylation is 2. The summed E-state index contributed by atoms with van der Waals surface area (Å²) >= 11 is 5.99. The minimum atomic E-state index is -0.483. The second-order valence-electron chi connectivity index (χ2n) is 4.51. The van der Waals surface area contributed by atoms with Crippen LogP contribution in [0.15, 0.2) is 35.3 Å². The van der Waals surface area contributed by atoms with E-state index in [4.69, 9.17) is 11.6 Å². The highest BCUT2D eigenvalue weighted by Gasteiger charge is 2.12. The van der Waals surface area contributed by atoms with Crippen LogP contribution in [0.25, 0.3) is 5.69 Å². The first-order chi connectivity index (χ1) is 9.43. The molecule has 104 valence electrons. The van der Waals surface area contributed by atoms with E-state index < -0.39 is 5.97 Å². The number of nitrogens with zero attached hydrogens (tertiary/aromatic N) is 1. The molecule has 0 unspecified atom stereocenters. The van der Waals surface area contributed by atoms with Crippen LogP contribution in [-0.2, 0) is 4.74 Å². The predicted octanol–water partition coefficient (Wildman–Crippen LogP) is 2.89. The molecule has 0 saturated heterocycles. The minimum Gasteiger partial charge on any atom is -0.465 e. The average Bonchev–Trinajstić information content (AvgIpc) is 2.38. The molecule has 0 radical (unpaired) electrons. The lowest BCUT2D eigenvalue weighted by atomic mass is 10.1. The molecule has 0 aliphatic heterocycles. The molecule has 0 fully saturated rings. The Morgan fingerprint density at radius 2 is 1.80 bits per heavy atom. The molecule has 20 heavy (non-hydrogen) atoms. The molecule has 0 bridgehead atoms. The maximum atomic E-state index is 12.1. The third-order valence-corrected chi connectivity index (χ3v) is 3.25. The number of hydrogen-bond acceptors (Lipinski definition) is 3. The van der Waals surface area contributed by atoms with Crippen molar-refractivity contribution in [1.29, 1.82) is 0 Å². The predicted molar refractivity (Wildman–Crippen MR) is 77.9 cm³/mol. The summed E-state index contributed by atoms with van der Waals surface area (Å²) in [5.41, 5.74) is 2.55. The number of aromatic nitrogens is 1. The van der Waals surface area contributed by atoms with Crippen LogP contribution in [0.2, 0.25) is 5.02 Å². The fraction of sp³-hybridized carbons (Fsp3) is 0.200. The van der Waals surface area contributed by atoms with Crippen molar-refractivity contribution in [2.45, 2.75) is 13.8 Å². The van der Waals surface area contributed by atoms with E-state index in [1.54, 1.807) is 12.1 Å². The van der Waals surface area contributed by atoms with Crippen LogP contribution in [-0.4, -0.2) is 17.6 Å². The molecule has 2 aromatic rings. The molecule has 0 atom stereocenters. The molecule has 0 spiro atoms. The van der Waals surface area contributed by atoms with Crippen molar-refractivity contribution < 1.29 is 9.53 Å². The van der Waals surface area contributed by atoms with E-state index >= 15 is 0 Å². The summed E-state index contributed by atoms with van der Waals surface area (Å²) in [6, 6.07) is 6.35. The number of carbonyl (C=O) groups is 1. The van der Waals surface area contributed by atoms with E-state index in [1.807, 2.05) is 13.8 Å². The maximum Gasteiger partial charge on any atom is 0.339 e. The molecule has 1 aromatic heterocycles.